The van der Waals surface area contributed by atoms with Crippen molar-refractivity contribution in [3.8, 4) is 5.75 Å². The lowest BCUT2D eigenvalue weighted by molar-refractivity contribution is 0.414. The summed E-state index contributed by atoms with van der Waals surface area (Å²) in [5.41, 5.74) is 2.07. The number of nitrogens with one attached hydrogen (secondary N) is 1. The zero-order valence-electron chi connectivity index (χ0n) is 11.1. The number of benzene rings is 2. The molecule has 0 amide bonds. The van der Waals surface area contributed by atoms with Gasteiger partial charge in [-0.05, 0) is 58.4 Å². The maximum atomic E-state index is 6.34. The SMILES string of the molecule is CNC(c1ccc(Cl)c(Br)c1)c1ccc(OC)cc1Cl. The van der Waals surface area contributed by atoms with Gasteiger partial charge in [0.2, 0.25) is 0 Å². The van der Waals surface area contributed by atoms with Crippen molar-refractivity contribution in [2.45, 2.75) is 6.04 Å². The van der Waals surface area contributed by atoms with Crippen LogP contribution in [0.4, 0.5) is 0 Å². The summed E-state index contributed by atoms with van der Waals surface area (Å²) < 4.78 is 6.04. The van der Waals surface area contributed by atoms with Crippen LogP contribution >= 0.6 is 39.1 Å². The lowest BCUT2D eigenvalue weighted by atomic mass is 9.99. The van der Waals surface area contributed by atoms with E-state index in [4.69, 9.17) is 27.9 Å². The molecule has 2 rings (SSSR count). The maximum absolute atomic E-state index is 6.34. The Bertz CT molecular complexity index is 619. The van der Waals surface area contributed by atoms with E-state index in [0.29, 0.717) is 10.0 Å². The Balaban J connectivity index is 2.43. The van der Waals surface area contributed by atoms with E-state index in [2.05, 4.69) is 21.2 Å². The third-order valence-corrected chi connectivity index (χ3v) is 4.63. The first kappa shape index (κ1) is 15.6. The minimum Gasteiger partial charge on any atom is -0.497 e. The van der Waals surface area contributed by atoms with Gasteiger partial charge in [0, 0.05) is 9.50 Å². The van der Waals surface area contributed by atoms with Crippen molar-refractivity contribution in [2.24, 2.45) is 0 Å². The van der Waals surface area contributed by atoms with E-state index >= 15 is 0 Å². The summed E-state index contributed by atoms with van der Waals surface area (Å²) in [7, 11) is 3.52. The summed E-state index contributed by atoms with van der Waals surface area (Å²) in [5.74, 6) is 0.742. The number of hydrogen-bond donors (Lipinski definition) is 1. The molecule has 0 aromatic heterocycles. The molecule has 2 nitrogen and oxygen atoms in total. The quantitative estimate of drug-likeness (QED) is 0.806. The van der Waals surface area contributed by atoms with Gasteiger partial charge in [0.05, 0.1) is 18.2 Å². The summed E-state index contributed by atoms with van der Waals surface area (Å²) in [5, 5.41) is 4.62. The minimum atomic E-state index is -0.0121. The molecular weight excluding hydrogens is 361 g/mol. The van der Waals surface area contributed by atoms with Crippen molar-refractivity contribution < 1.29 is 4.74 Å². The van der Waals surface area contributed by atoms with Gasteiger partial charge in [0.25, 0.3) is 0 Å². The van der Waals surface area contributed by atoms with Gasteiger partial charge in [-0.25, -0.2) is 0 Å². The number of ether oxygens (including phenoxy) is 1. The Hall–Kier alpha value is -0.740. The van der Waals surface area contributed by atoms with E-state index in [9.17, 15) is 0 Å². The van der Waals surface area contributed by atoms with Gasteiger partial charge >= 0.3 is 0 Å². The largest absolute Gasteiger partial charge is 0.497 e. The molecule has 0 spiro atoms. The second-order valence-electron chi connectivity index (χ2n) is 4.28. The normalized spacial score (nSPS) is 12.2. The molecule has 20 heavy (non-hydrogen) atoms. The molecule has 2 aromatic carbocycles. The molecule has 106 valence electrons. The third kappa shape index (κ3) is 3.29. The predicted octanol–water partition coefficient (Wildman–Crippen LogP) is 5.07. The van der Waals surface area contributed by atoms with Crippen LogP contribution in [0.5, 0.6) is 5.75 Å². The highest BCUT2D eigenvalue weighted by Crippen LogP contribution is 2.33. The van der Waals surface area contributed by atoms with Crippen molar-refractivity contribution in [1.29, 1.82) is 0 Å². The van der Waals surface area contributed by atoms with Crippen molar-refractivity contribution >= 4 is 39.1 Å². The van der Waals surface area contributed by atoms with E-state index in [0.717, 1.165) is 21.3 Å². The van der Waals surface area contributed by atoms with Crippen LogP contribution in [0.3, 0.4) is 0 Å². The van der Waals surface area contributed by atoms with Gasteiger partial charge in [-0.3, -0.25) is 0 Å². The fraction of sp³-hybridized carbons (Fsp3) is 0.200. The Morgan fingerprint density at radius 3 is 2.40 bits per heavy atom. The monoisotopic (exact) mass is 373 g/mol. The van der Waals surface area contributed by atoms with E-state index in [1.807, 2.05) is 43.4 Å². The van der Waals surface area contributed by atoms with Gasteiger partial charge in [-0.1, -0.05) is 35.3 Å². The predicted molar refractivity (Wildman–Crippen MR) is 88.1 cm³/mol. The van der Waals surface area contributed by atoms with Crippen molar-refractivity contribution in [1.82, 2.24) is 5.32 Å². The molecular formula is C15H14BrCl2NO. The molecule has 1 unspecified atom stereocenters. The first-order valence-corrected chi connectivity index (χ1v) is 7.57. The van der Waals surface area contributed by atoms with E-state index in [1.165, 1.54) is 0 Å². The Morgan fingerprint density at radius 2 is 1.85 bits per heavy atom. The van der Waals surface area contributed by atoms with Crippen LogP contribution in [0.15, 0.2) is 40.9 Å². The molecule has 2 aromatic rings. The summed E-state index contributed by atoms with van der Waals surface area (Å²) in [6, 6.07) is 11.5. The molecule has 5 heteroatoms. The highest BCUT2D eigenvalue weighted by molar-refractivity contribution is 9.10. The van der Waals surface area contributed by atoms with Gasteiger partial charge in [0.1, 0.15) is 5.75 Å². The van der Waals surface area contributed by atoms with Crippen molar-refractivity contribution in [2.75, 3.05) is 14.2 Å². The van der Waals surface area contributed by atoms with Crippen molar-refractivity contribution in [3.63, 3.8) is 0 Å². The molecule has 0 radical (unpaired) electrons. The summed E-state index contributed by atoms with van der Waals surface area (Å²) in [6.45, 7) is 0. The maximum Gasteiger partial charge on any atom is 0.120 e. The van der Waals surface area contributed by atoms with E-state index < -0.39 is 0 Å². The highest BCUT2D eigenvalue weighted by atomic mass is 79.9. The zero-order chi connectivity index (χ0) is 14.7. The van der Waals surface area contributed by atoms with Gasteiger partial charge in [-0.15, -0.1) is 0 Å². The molecule has 0 fully saturated rings. The van der Waals surface area contributed by atoms with Crippen LogP contribution in [0.1, 0.15) is 17.2 Å². The van der Waals surface area contributed by atoms with Crippen LogP contribution in [-0.4, -0.2) is 14.2 Å². The van der Waals surface area contributed by atoms with Crippen LogP contribution in [0.25, 0.3) is 0 Å². The molecule has 0 bridgehead atoms. The Kier molecular flexibility index (Phi) is 5.33. The summed E-state index contributed by atoms with van der Waals surface area (Å²) in [6.07, 6.45) is 0. The average Bonchev–Trinajstić information content (AvgIpc) is 2.45. The van der Waals surface area contributed by atoms with E-state index in [1.54, 1.807) is 7.11 Å². The number of methoxy groups -OCH3 is 1. The Morgan fingerprint density at radius 1 is 1.10 bits per heavy atom. The van der Waals surface area contributed by atoms with Crippen LogP contribution < -0.4 is 10.1 Å². The number of hydrogen-bond acceptors (Lipinski definition) is 2. The molecule has 0 heterocycles. The van der Waals surface area contributed by atoms with Crippen LogP contribution in [-0.2, 0) is 0 Å². The van der Waals surface area contributed by atoms with Crippen molar-refractivity contribution in [3.05, 3.63) is 62.0 Å². The first-order chi connectivity index (χ1) is 9.56. The molecule has 0 aliphatic heterocycles. The van der Waals surface area contributed by atoms with Gasteiger partial charge in [0.15, 0.2) is 0 Å². The van der Waals surface area contributed by atoms with Gasteiger partial charge in [-0.2, -0.15) is 0 Å². The van der Waals surface area contributed by atoms with Crippen LogP contribution in [0, 0.1) is 0 Å². The second kappa shape index (κ2) is 6.81. The summed E-state index contributed by atoms with van der Waals surface area (Å²) in [4.78, 5) is 0. The zero-order valence-corrected chi connectivity index (χ0v) is 14.2. The molecule has 0 aliphatic carbocycles. The Labute approximate surface area is 137 Å². The van der Waals surface area contributed by atoms with Crippen LogP contribution in [0.2, 0.25) is 10.0 Å². The molecule has 0 saturated heterocycles. The van der Waals surface area contributed by atoms with E-state index in [-0.39, 0.29) is 6.04 Å². The second-order valence-corrected chi connectivity index (χ2v) is 5.95. The topological polar surface area (TPSA) is 21.3 Å². The minimum absolute atomic E-state index is 0.0121. The fourth-order valence-corrected chi connectivity index (χ4v) is 2.86. The molecule has 1 N–H and O–H groups in total. The standard InChI is InChI=1S/C15H14BrCl2NO/c1-19-15(9-3-6-13(17)12(16)7-9)11-5-4-10(20-2)8-14(11)18/h3-8,15,19H,1-2H3. The lowest BCUT2D eigenvalue weighted by Crippen LogP contribution is -2.18. The smallest absolute Gasteiger partial charge is 0.120 e. The lowest BCUT2D eigenvalue weighted by Gasteiger charge is -2.19. The van der Waals surface area contributed by atoms with Gasteiger partial charge < -0.3 is 10.1 Å². The fourth-order valence-electron chi connectivity index (χ4n) is 2.06. The average molecular weight is 375 g/mol. The summed E-state index contributed by atoms with van der Waals surface area (Å²) >= 11 is 15.8. The number of halogens is 3. The molecule has 0 aliphatic rings. The molecule has 1 atom stereocenters. The first-order valence-electron chi connectivity index (χ1n) is 6.02. The number of rotatable bonds is 4. The molecule has 0 saturated carbocycles. The highest BCUT2D eigenvalue weighted by Gasteiger charge is 2.16. The third-order valence-electron chi connectivity index (χ3n) is 3.08.